The zero-order chi connectivity index (χ0) is 19.9. The Kier molecular flexibility index (Phi) is 7.14. The van der Waals surface area contributed by atoms with Crippen LogP contribution in [-0.2, 0) is 20.1 Å². The summed E-state index contributed by atoms with van der Waals surface area (Å²) in [6.07, 6.45) is 6.53. The molecule has 2 N–H and O–H groups in total. The summed E-state index contributed by atoms with van der Waals surface area (Å²) in [7, 11) is 2.04. The number of oxazole rings is 1. The van der Waals surface area contributed by atoms with Crippen LogP contribution in [0, 0.1) is 19.8 Å². The molecular weight excluding hydrogens is 352 g/mol. The zero-order valence-electron chi connectivity index (χ0n) is 17.7. The molecule has 3 rings (SSSR count). The Morgan fingerprint density at radius 1 is 1.29 bits per heavy atom. The molecule has 0 aliphatic carbocycles. The number of likely N-dealkylation sites (tertiary alicyclic amines) is 1. The average Bonchev–Trinajstić information content (AvgIpc) is 3.23. The van der Waals surface area contributed by atoms with Gasteiger partial charge in [-0.05, 0) is 64.3 Å². The van der Waals surface area contributed by atoms with Crippen molar-refractivity contribution in [2.24, 2.45) is 18.0 Å². The number of piperidine rings is 1. The van der Waals surface area contributed by atoms with Crippen LogP contribution in [0.5, 0.6) is 0 Å². The molecule has 0 saturated carbocycles. The fourth-order valence-electron chi connectivity index (χ4n) is 3.55. The van der Waals surface area contributed by atoms with E-state index in [9.17, 15) is 0 Å². The molecule has 0 aromatic carbocycles. The summed E-state index contributed by atoms with van der Waals surface area (Å²) >= 11 is 0. The van der Waals surface area contributed by atoms with E-state index in [0.717, 1.165) is 56.0 Å². The Morgan fingerprint density at radius 2 is 2.07 bits per heavy atom. The molecule has 0 atom stereocenters. The van der Waals surface area contributed by atoms with Gasteiger partial charge in [-0.3, -0.25) is 4.90 Å². The molecule has 0 radical (unpaired) electrons. The third-order valence-electron chi connectivity index (χ3n) is 5.35. The minimum Gasteiger partial charge on any atom is -0.444 e. The highest BCUT2D eigenvalue weighted by Gasteiger charge is 2.21. The highest BCUT2D eigenvalue weighted by atomic mass is 16.4. The lowest BCUT2D eigenvalue weighted by atomic mass is 9.97. The monoisotopic (exact) mass is 386 g/mol. The highest BCUT2D eigenvalue weighted by Crippen LogP contribution is 2.19. The summed E-state index contributed by atoms with van der Waals surface area (Å²) < 4.78 is 7.78. The van der Waals surface area contributed by atoms with Crippen LogP contribution >= 0.6 is 0 Å². The van der Waals surface area contributed by atoms with Gasteiger partial charge in [0.1, 0.15) is 5.76 Å². The Hall–Kier alpha value is -2.28. The molecule has 0 spiro atoms. The largest absolute Gasteiger partial charge is 0.444 e. The smallest absolute Gasteiger partial charge is 0.208 e. The van der Waals surface area contributed by atoms with Gasteiger partial charge in [0.25, 0.3) is 0 Å². The standard InChI is InChI=1S/C21H34N6O/c1-5-22-21(24-13-19-6-9-26(4)14-19)23-12-18-7-10-27(11-8-18)15-20-25-16(2)17(3)28-20/h6,9,14,18H,5,7-8,10-13,15H2,1-4H3,(H2,22,23,24). The van der Waals surface area contributed by atoms with Crippen molar-refractivity contribution in [3.8, 4) is 0 Å². The number of rotatable bonds is 7. The first-order valence-corrected chi connectivity index (χ1v) is 10.3. The minimum absolute atomic E-state index is 0.671. The number of aryl methyl sites for hydroxylation is 3. The van der Waals surface area contributed by atoms with Crippen molar-refractivity contribution >= 4 is 5.96 Å². The van der Waals surface area contributed by atoms with Crippen molar-refractivity contribution in [3.63, 3.8) is 0 Å². The molecule has 1 aliphatic heterocycles. The van der Waals surface area contributed by atoms with Gasteiger partial charge in [-0.15, -0.1) is 0 Å². The molecule has 1 fully saturated rings. The van der Waals surface area contributed by atoms with E-state index >= 15 is 0 Å². The van der Waals surface area contributed by atoms with Gasteiger partial charge < -0.3 is 19.6 Å². The molecule has 28 heavy (non-hydrogen) atoms. The lowest BCUT2D eigenvalue weighted by molar-refractivity contribution is 0.164. The maximum atomic E-state index is 5.72. The zero-order valence-corrected chi connectivity index (χ0v) is 17.7. The van der Waals surface area contributed by atoms with Crippen LogP contribution in [0.25, 0.3) is 0 Å². The molecule has 154 valence electrons. The van der Waals surface area contributed by atoms with Gasteiger partial charge >= 0.3 is 0 Å². The lowest BCUT2D eigenvalue weighted by Crippen LogP contribution is -2.42. The second-order valence-corrected chi connectivity index (χ2v) is 7.73. The van der Waals surface area contributed by atoms with Crippen molar-refractivity contribution in [2.75, 3.05) is 26.2 Å². The number of aliphatic imine (C=N–C) groups is 1. The van der Waals surface area contributed by atoms with E-state index in [2.05, 4.69) is 50.5 Å². The van der Waals surface area contributed by atoms with Gasteiger partial charge in [0.15, 0.2) is 5.96 Å². The topological polar surface area (TPSA) is 70.6 Å². The first kappa shape index (κ1) is 20.5. The molecule has 3 heterocycles. The molecule has 0 unspecified atom stereocenters. The molecule has 7 heteroatoms. The summed E-state index contributed by atoms with van der Waals surface area (Å²) in [4.78, 5) is 11.7. The van der Waals surface area contributed by atoms with Crippen LogP contribution in [0.1, 0.15) is 42.7 Å². The second-order valence-electron chi connectivity index (χ2n) is 7.73. The molecule has 1 aliphatic rings. The quantitative estimate of drug-likeness (QED) is 0.565. The van der Waals surface area contributed by atoms with E-state index in [1.165, 1.54) is 18.4 Å². The van der Waals surface area contributed by atoms with E-state index < -0.39 is 0 Å². The van der Waals surface area contributed by atoms with E-state index in [-0.39, 0.29) is 0 Å². The predicted octanol–water partition coefficient (Wildman–Crippen LogP) is 2.60. The van der Waals surface area contributed by atoms with Crippen molar-refractivity contribution in [2.45, 2.75) is 46.7 Å². The fraction of sp³-hybridized carbons (Fsp3) is 0.619. The maximum Gasteiger partial charge on any atom is 0.208 e. The lowest BCUT2D eigenvalue weighted by Gasteiger charge is -2.31. The van der Waals surface area contributed by atoms with Gasteiger partial charge in [0.2, 0.25) is 5.89 Å². The Bertz CT molecular complexity index is 750. The summed E-state index contributed by atoms with van der Waals surface area (Å²) in [5, 5.41) is 6.87. The minimum atomic E-state index is 0.671. The van der Waals surface area contributed by atoms with E-state index in [1.807, 2.05) is 20.9 Å². The van der Waals surface area contributed by atoms with E-state index in [1.54, 1.807) is 0 Å². The van der Waals surface area contributed by atoms with Crippen LogP contribution in [0.2, 0.25) is 0 Å². The first-order chi connectivity index (χ1) is 13.5. The van der Waals surface area contributed by atoms with Gasteiger partial charge in [0, 0.05) is 32.5 Å². The fourth-order valence-corrected chi connectivity index (χ4v) is 3.55. The van der Waals surface area contributed by atoms with Gasteiger partial charge in [-0.1, -0.05) is 0 Å². The van der Waals surface area contributed by atoms with Gasteiger partial charge in [0.05, 0.1) is 18.8 Å². The van der Waals surface area contributed by atoms with Crippen molar-refractivity contribution in [1.29, 1.82) is 0 Å². The second kappa shape index (κ2) is 9.78. The van der Waals surface area contributed by atoms with Crippen molar-refractivity contribution in [1.82, 2.24) is 25.1 Å². The average molecular weight is 387 g/mol. The summed E-state index contributed by atoms with van der Waals surface area (Å²) in [6, 6.07) is 2.11. The Morgan fingerprint density at radius 3 is 2.68 bits per heavy atom. The number of nitrogens with one attached hydrogen (secondary N) is 2. The summed E-state index contributed by atoms with van der Waals surface area (Å²) in [5.41, 5.74) is 2.23. The SMILES string of the molecule is CCNC(=NCc1ccn(C)c1)NCC1CCN(Cc2nc(C)c(C)o2)CC1. The van der Waals surface area contributed by atoms with Crippen LogP contribution in [-0.4, -0.2) is 46.6 Å². The summed E-state index contributed by atoms with van der Waals surface area (Å²) in [5.74, 6) is 3.35. The van der Waals surface area contributed by atoms with Crippen molar-refractivity contribution < 1.29 is 4.42 Å². The molecule has 0 bridgehead atoms. The molecular formula is C21H34N6O. The number of guanidine groups is 1. The summed E-state index contributed by atoms with van der Waals surface area (Å²) in [6.45, 7) is 11.6. The molecule has 2 aromatic heterocycles. The van der Waals surface area contributed by atoms with Gasteiger partial charge in [-0.2, -0.15) is 0 Å². The Labute approximate surface area is 168 Å². The van der Waals surface area contributed by atoms with E-state index in [4.69, 9.17) is 9.41 Å². The van der Waals surface area contributed by atoms with Crippen LogP contribution in [0.4, 0.5) is 0 Å². The molecule has 0 amide bonds. The Balaban J connectivity index is 1.42. The molecule has 1 saturated heterocycles. The maximum absolute atomic E-state index is 5.72. The van der Waals surface area contributed by atoms with E-state index in [0.29, 0.717) is 12.5 Å². The van der Waals surface area contributed by atoms with Crippen LogP contribution < -0.4 is 10.6 Å². The van der Waals surface area contributed by atoms with Crippen LogP contribution in [0.3, 0.4) is 0 Å². The number of nitrogens with zero attached hydrogens (tertiary/aromatic N) is 4. The predicted molar refractivity (Wildman–Crippen MR) is 112 cm³/mol. The number of hydrogen-bond acceptors (Lipinski definition) is 4. The third kappa shape index (κ3) is 5.86. The van der Waals surface area contributed by atoms with Crippen LogP contribution in [0.15, 0.2) is 27.9 Å². The number of aromatic nitrogens is 2. The third-order valence-corrected chi connectivity index (χ3v) is 5.35. The normalized spacial score (nSPS) is 16.5. The van der Waals surface area contributed by atoms with Crippen molar-refractivity contribution in [3.05, 3.63) is 41.4 Å². The highest BCUT2D eigenvalue weighted by molar-refractivity contribution is 5.79. The first-order valence-electron chi connectivity index (χ1n) is 10.3. The van der Waals surface area contributed by atoms with Gasteiger partial charge in [-0.25, -0.2) is 9.98 Å². The molecule has 7 nitrogen and oxygen atoms in total. The molecule has 2 aromatic rings. The number of hydrogen-bond donors (Lipinski definition) is 2.